The number of sulfone groups is 1. The number of H-pyrrole nitrogens is 1. The van der Waals surface area contributed by atoms with Crippen LogP contribution in [0.4, 0.5) is 5.69 Å². The summed E-state index contributed by atoms with van der Waals surface area (Å²) in [6.45, 7) is 1.05. The van der Waals surface area contributed by atoms with Crippen molar-refractivity contribution in [3.8, 4) is 6.07 Å². The molecule has 0 bridgehead atoms. The van der Waals surface area contributed by atoms with Gasteiger partial charge < -0.3 is 15.2 Å². The molecule has 2 heterocycles. The van der Waals surface area contributed by atoms with Crippen LogP contribution in [0.3, 0.4) is 0 Å². The average molecular weight is 482 g/mol. The van der Waals surface area contributed by atoms with Crippen LogP contribution in [0.2, 0.25) is 0 Å². The van der Waals surface area contributed by atoms with Crippen molar-refractivity contribution in [2.24, 2.45) is 0 Å². The van der Waals surface area contributed by atoms with Crippen molar-refractivity contribution in [3.63, 3.8) is 0 Å². The number of carbonyl (C=O) groups excluding carboxylic acids is 2. The van der Waals surface area contributed by atoms with Gasteiger partial charge in [0.1, 0.15) is 17.5 Å². The van der Waals surface area contributed by atoms with Gasteiger partial charge in [0.15, 0.2) is 15.7 Å². The lowest BCUT2D eigenvalue weighted by Crippen LogP contribution is -2.40. The summed E-state index contributed by atoms with van der Waals surface area (Å²) in [6.07, 6.45) is 9.10. The molecule has 9 nitrogen and oxygen atoms in total. The van der Waals surface area contributed by atoms with Crippen LogP contribution >= 0.6 is 0 Å². The highest BCUT2D eigenvalue weighted by Crippen LogP contribution is 2.37. The minimum atomic E-state index is -3.34. The zero-order valence-corrected chi connectivity index (χ0v) is 19.8. The Bertz CT molecular complexity index is 1280. The standard InChI is InChI=1S/C24H27N5O4S/c1-34(32,33)15-22(30)29-10-8-16(9-11-29)18-6-7-21(20(12-18)17-4-2-3-5-17)28-24(31)23-26-14-19(13-25)27-23/h4,6-7,12,14,16H,2-3,5,8-11,15H2,1H3,(H,26,27)(H,28,31). The van der Waals surface area contributed by atoms with E-state index in [1.165, 1.54) is 11.8 Å². The fourth-order valence-electron chi connectivity index (χ4n) is 4.56. The number of benzene rings is 1. The summed E-state index contributed by atoms with van der Waals surface area (Å²) in [5, 5.41) is 11.9. The van der Waals surface area contributed by atoms with Crippen molar-refractivity contribution in [2.75, 3.05) is 30.4 Å². The first-order valence-electron chi connectivity index (χ1n) is 11.3. The third-order valence-electron chi connectivity index (χ3n) is 6.29. The molecule has 34 heavy (non-hydrogen) atoms. The van der Waals surface area contributed by atoms with Crippen LogP contribution in [0.25, 0.3) is 5.57 Å². The number of allylic oxidation sites excluding steroid dienone is 2. The quantitative estimate of drug-likeness (QED) is 0.651. The molecule has 0 saturated carbocycles. The average Bonchev–Trinajstić information content (AvgIpc) is 3.51. The predicted molar refractivity (Wildman–Crippen MR) is 128 cm³/mol. The number of likely N-dealkylation sites (tertiary alicyclic amines) is 1. The summed E-state index contributed by atoms with van der Waals surface area (Å²) in [6, 6.07) is 7.94. The largest absolute Gasteiger partial charge is 0.342 e. The third-order valence-corrected chi connectivity index (χ3v) is 7.07. The number of aromatic amines is 1. The molecule has 1 aliphatic carbocycles. The van der Waals surface area contributed by atoms with Crippen LogP contribution in [-0.4, -0.2) is 60.2 Å². The Balaban J connectivity index is 1.50. The molecule has 4 rings (SSSR count). The Labute approximate surface area is 198 Å². The number of anilines is 1. The Kier molecular flexibility index (Phi) is 6.84. The van der Waals surface area contributed by atoms with Gasteiger partial charge in [-0.05, 0) is 61.3 Å². The summed E-state index contributed by atoms with van der Waals surface area (Å²) in [4.78, 5) is 33.2. The number of carbonyl (C=O) groups is 2. The molecule has 1 aromatic carbocycles. The van der Waals surface area contributed by atoms with E-state index in [1.807, 2.05) is 18.2 Å². The molecule has 1 aromatic heterocycles. The van der Waals surface area contributed by atoms with E-state index < -0.39 is 21.5 Å². The maximum Gasteiger partial charge on any atom is 0.291 e. The second kappa shape index (κ2) is 9.81. The first kappa shape index (κ1) is 23.7. The highest BCUT2D eigenvalue weighted by molar-refractivity contribution is 7.91. The molecule has 2 N–H and O–H groups in total. The molecule has 1 saturated heterocycles. The zero-order chi connectivity index (χ0) is 24.3. The molecule has 2 aliphatic rings. The van der Waals surface area contributed by atoms with E-state index in [2.05, 4.69) is 27.4 Å². The fourth-order valence-corrected chi connectivity index (χ4v) is 5.19. The summed E-state index contributed by atoms with van der Waals surface area (Å²) in [7, 11) is -3.34. The first-order chi connectivity index (χ1) is 16.2. The molecular formula is C24H27N5O4S. The third kappa shape index (κ3) is 5.54. The van der Waals surface area contributed by atoms with Gasteiger partial charge in [0, 0.05) is 30.6 Å². The van der Waals surface area contributed by atoms with Crippen molar-refractivity contribution in [3.05, 3.63) is 53.1 Å². The van der Waals surface area contributed by atoms with Crippen molar-refractivity contribution in [2.45, 2.75) is 38.0 Å². The summed E-state index contributed by atoms with van der Waals surface area (Å²) >= 11 is 0. The monoisotopic (exact) mass is 481 g/mol. The highest BCUT2D eigenvalue weighted by Gasteiger charge is 2.26. The van der Waals surface area contributed by atoms with Crippen LogP contribution in [-0.2, 0) is 14.6 Å². The second-order valence-corrected chi connectivity index (χ2v) is 11.0. The van der Waals surface area contributed by atoms with Gasteiger partial charge in [-0.1, -0.05) is 12.1 Å². The highest BCUT2D eigenvalue weighted by atomic mass is 32.2. The molecule has 0 unspecified atom stereocenters. The maximum absolute atomic E-state index is 12.7. The number of nitrogens with zero attached hydrogens (tertiary/aromatic N) is 3. The van der Waals surface area contributed by atoms with Gasteiger partial charge in [-0.3, -0.25) is 9.59 Å². The minimum Gasteiger partial charge on any atom is -0.342 e. The number of hydrogen-bond donors (Lipinski definition) is 2. The van der Waals surface area contributed by atoms with Gasteiger partial charge in [-0.2, -0.15) is 5.26 Å². The van der Waals surface area contributed by atoms with E-state index in [0.29, 0.717) is 18.8 Å². The Morgan fingerprint density at radius 1 is 1.29 bits per heavy atom. The molecule has 1 fully saturated rings. The van der Waals surface area contributed by atoms with Gasteiger partial charge in [-0.15, -0.1) is 0 Å². The van der Waals surface area contributed by atoms with Crippen molar-refractivity contribution in [1.29, 1.82) is 5.26 Å². The summed E-state index contributed by atoms with van der Waals surface area (Å²) < 4.78 is 22.9. The number of piperidine rings is 1. The van der Waals surface area contributed by atoms with Crippen LogP contribution in [0.15, 0.2) is 30.5 Å². The molecular weight excluding hydrogens is 454 g/mol. The predicted octanol–water partition coefficient (Wildman–Crippen LogP) is 2.85. The van der Waals surface area contributed by atoms with Gasteiger partial charge in [0.25, 0.3) is 5.91 Å². The van der Waals surface area contributed by atoms with E-state index in [4.69, 9.17) is 5.26 Å². The number of amides is 2. The van der Waals surface area contributed by atoms with Gasteiger partial charge in [-0.25, -0.2) is 13.4 Å². The molecule has 0 radical (unpaired) electrons. The fraction of sp³-hybridized carbons (Fsp3) is 0.417. The molecule has 178 valence electrons. The molecule has 10 heteroatoms. The number of nitriles is 1. The van der Waals surface area contributed by atoms with E-state index in [1.54, 1.807) is 4.90 Å². The minimum absolute atomic E-state index is 0.0816. The number of nitrogens with one attached hydrogen (secondary N) is 2. The Hall–Kier alpha value is -3.45. The van der Waals surface area contributed by atoms with Crippen LogP contribution in [0.1, 0.15) is 65.5 Å². The first-order valence-corrected chi connectivity index (χ1v) is 13.3. The lowest BCUT2D eigenvalue weighted by atomic mass is 9.87. The van der Waals surface area contributed by atoms with Gasteiger partial charge in [0.05, 0.1) is 6.20 Å². The number of imidazole rings is 1. The molecule has 1 aliphatic heterocycles. The SMILES string of the molecule is CS(=O)(=O)CC(=O)N1CCC(c2ccc(NC(=O)c3ncc(C#N)[nH]3)c(C3=CCCC3)c2)CC1. The maximum atomic E-state index is 12.7. The number of rotatable bonds is 6. The molecule has 2 amide bonds. The van der Waals surface area contributed by atoms with E-state index in [9.17, 15) is 18.0 Å². The second-order valence-electron chi connectivity index (χ2n) is 8.86. The van der Waals surface area contributed by atoms with Crippen LogP contribution in [0, 0.1) is 11.3 Å². The van der Waals surface area contributed by atoms with Crippen molar-refractivity contribution >= 4 is 32.9 Å². The number of aromatic nitrogens is 2. The normalized spacial score (nSPS) is 16.7. The van der Waals surface area contributed by atoms with Gasteiger partial charge in [0.2, 0.25) is 5.91 Å². The Morgan fingerprint density at radius 2 is 2.06 bits per heavy atom. The van der Waals surface area contributed by atoms with Crippen LogP contribution in [0.5, 0.6) is 0 Å². The molecule has 0 atom stereocenters. The van der Waals surface area contributed by atoms with E-state index in [-0.39, 0.29) is 23.3 Å². The smallest absolute Gasteiger partial charge is 0.291 e. The Morgan fingerprint density at radius 3 is 2.68 bits per heavy atom. The van der Waals surface area contributed by atoms with E-state index in [0.717, 1.165) is 49.5 Å². The van der Waals surface area contributed by atoms with Crippen molar-refractivity contribution in [1.82, 2.24) is 14.9 Å². The van der Waals surface area contributed by atoms with Crippen LogP contribution < -0.4 is 5.32 Å². The lowest BCUT2D eigenvalue weighted by Gasteiger charge is -2.32. The zero-order valence-electron chi connectivity index (χ0n) is 19.0. The van der Waals surface area contributed by atoms with Crippen molar-refractivity contribution < 1.29 is 18.0 Å². The van der Waals surface area contributed by atoms with Gasteiger partial charge >= 0.3 is 0 Å². The number of hydrogen-bond acceptors (Lipinski definition) is 6. The van der Waals surface area contributed by atoms with E-state index >= 15 is 0 Å². The molecule has 2 aromatic rings. The lowest BCUT2D eigenvalue weighted by molar-refractivity contribution is -0.129. The topological polar surface area (TPSA) is 136 Å². The summed E-state index contributed by atoms with van der Waals surface area (Å²) in [5.74, 6) is -0.871. The summed E-state index contributed by atoms with van der Waals surface area (Å²) in [5.41, 5.74) is 4.22. The molecule has 0 spiro atoms.